The van der Waals surface area contributed by atoms with Crippen molar-refractivity contribution in [2.24, 2.45) is 0 Å². The largest absolute Gasteiger partial charge is 0.437 e. The van der Waals surface area contributed by atoms with Gasteiger partial charge in [-0.15, -0.1) is 0 Å². The number of aromatic nitrogens is 1. The first kappa shape index (κ1) is 14.9. The molecule has 8 heteroatoms. The fourth-order valence-corrected chi connectivity index (χ4v) is 2.23. The molecule has 0 atom stereocenters. The lowest BCUT2D eigenvalue weighted by molar-refractivity contribution is 0.456. The Hall–Kier alpha value is -1.50. The highest BCUT2D eigenvalue weighted by Crippen LogP contribution is 2.30. The Morgan fingerprint density at radius 2 is 1.85 bits per heavy atom. The van der Waals surface area contributed by atoms with Crippen LogP contribution in [0.15, 0.2) is 36.5 Å². The fraction of sp³-hybridized carbons (Fsp3) is 0.0833. The lowest BCUT2D eigenvalue weighted by atomic mass is 10.3. The maximum atomic E-state index is 11.1. The van der Waals surface area contributed by atoms with Gasteiger partial charge in [0.05, 0.1) is 11.3 Å². The third kappa shape index (κ3) is 4.26. The normalized spacial score (nSPS) is 11.2. The van der Waals surface area contributed by atoms with E-state index >= 15 is 0 Å². The van der Waals surface area contributed by atoms with Crippen LogP contribution in [0.1, 0.15) is 0 Å². The molecule has 0 N–H and O–H groups in total. The first-order chi connectivity index (χ1) is 9.33. The molecule has 0 bridgehead atoms. The molecule has 0 aliphatic heterocycles. The van der Waals surface area contributed by atoms with Gasteiger partial charge < -0.3 is 8.92 Å². The summed E-state index contributed by atoms with van der Waals surface area (Å²) in [5, 5.41) is 0.628. The molecule has 5 nitrogen and oxygen atoms in total. The smallest absolute Gasteiger partial charge is 0.306 e. The van der Waals surface area contributed by atoms with Gasteiger partial charge in [0.15, 0.2) is 0 Å². The summed E-state index contributed by atoms with van der Waals surface area (Å²) in [4.78, 5) is 3.93. The van der Waals surface area contributed by atoms with Gasteiger partial charge in [-0.1, -0.05) is 29.3 Å². The van der Waals surface area contributed by atoms with Crippen LogP contribution >= 0.6 is 23.2 Å². The molecule has 0 amide bonds. The highest BCUT2D eigenvalue weighted by Gasteiger charge is 2.08. The Balaban J connectivity index is 2.23. The molecule has 20 heavy (non-hydrogen) atoms. The van der Waals surface area contributed by atoms with Gasteiger partial charge in [-0.3, -0.25) is 0 Å². The van der Waals surface area contributed by atoms with Crippen molar-refractivity contribution in [2.45, 2.75) is 0 Å². The molecule has 106 valence electrons. The molecule has 2 aromatic rings. The first-order valence-electron chi connectivity index (χ1n) is 5.32. The molecule has 0 aliphatic carbocycles. The Morgan fingerprint density at radius 3 is 2.50 bits per heavy atom. The van der Waals surface area contributed by atoms with Crippen LogP contribution in [-0.2, 0) is 10.1 Å². The summed E-state index contributed by atoms with van der Waals surface area (Å²) in [5.41, 5.74) is 0. The minimum absolute atomic E-state index is 0.134. The van der Waals surface area contributed by atoms with Crippen molar-refractivity contribution >= 4 is 33.3 Å². The van der Waals surface area contributed by atoms with Crippen LogP contribution in [0, 0.1) is 0 Å². The number of ether oxygens (including phenoxy) is 1. The van der Waals surface area contributed by atoms with Crippen molar-refractivity contribution in [2.75, 3.05) is 6.26 Å². The summed E-state index contributed by atoms with van der Waals surface area (Å²) in [6, 6.07) is 7.59. The maximum absolute atomic E-state index is 11.1. The highest BCUT2D eigenvalue weighted by atomic mass is 35.5. The molecule has 0 spiro atoms. The molecule has 0 saturated heterocycles. The quantitative estimate of drug-likeness (QED) is 0.801. The maximum Gasteiger partial charge on any atom is 0.306 e. The van der Waals surface area contributed by atoms with Crippen LogP contribution in [-0.4, -0.2) is 19.7 Å². The van der Waals surface area contributed by atoms with E-state index < -0.39 is 10.1 Å². The Kier molecular flexibility index (Phi) is 4.37. The summed E-state index contributed by atoms with van der Waals surface area (Å²) in [5.74, 6) is 0.630. The Bertz CT molecular complexity index is 734. The zero-order chi connectivity index (χ0) is 14.8. The van der Waals surface area contributed by atoms with Crippen molar-refractivity contribution in [1.82, 2.24) is 4.98 Å². The number of hydrogen-bond acceptors (Lipinski definition) is 5. The van der Waals surface area contributed by atoms with Crippen LogP contribution in [0.25, 0.3) is 0 Å². The van der Waals surface area contributed by atoms with Gasteiger partial charge in [0.25, 0.3) is 0 Å². The van der Waals surface area contributed by atoms with Gasteiger partial charge in [0.2, 0.25) is 5.88 Å². The number of benzene rings is 1. The van der Waals surface area contributed by atoms with Crippen LogP contribution in [0.4, 0.5) is 0 Å². The SMILES string of the molecule is CS(=O)(=O)Oc1cccc(Oc2ncc(Cl)cc2Cl)c1. The van der Waals surface area contributed by atoms with E-state index in [1.54, 1.807) is 12.1 Å². The van der Waals surface area contributed by atoms with Crippen molar-refractivity contribution in [1.29, 1.82) is 0 Å². The summed E-state index contributed by atoms with van der Waals surface area (Å²) in [6.07, 6.45) is 2.35. The number of rotatable bonds is 4. The van der Waals surface area contributed by atoms with E-state index in [2.05, 4.69) is 4.98 Å². The van der Waals surface area contributed by atoms with E-state index in [-0.39, 0.29) is 16.7 Å². The van der Waals surface area contributed by atoms with Crippen LogP contribution in [0.3, 0.4) is 0 Å². The molecule has 1 aromatic carbocycles. The van der Waals surface area contributed by atoms with Crippen molar-refractivity contribution < 1.29 is 17.3 Å². The molecule has 2 rings (SSSR count). The molecular formula is C12H9Cl2NO4S. The summed E-state index contributed by atoms with van der Waals surface area (Å²) in [7, 11) is -3.60. The van der Waals surface area contributed by atoms with Crippen molar-refractivity contribution in [3.8, 4) is 17.4 Å². The van der Waals surface area contributed by atoms with Gasteiger partial charge in [-0.2, -0.15) is 8.42 Å². The third-order valence-electron chi connectivity index (χ3n) is 2.04. The summed E-state index contributed by atoms with van der Waals surface area (Å²) < 4.78 is 32.3. The zero-order valence-electron chi connectivity index (χ0n) is 10.2. The molecule has 0 fully saturated rings. The number of hydrogen-bond donors (Lipinski definition) is 0. The lowest BCUT2D eigenvalue weighted by Crippen LogP contribution is -2.05. The van der Waals surface area contributed by atoms with Gasteiger partial charge in [-0.25, -0.2) is 4.98 Å². The van der Waals surface area contributed by atoms with Gasteiger partial charge in [-0.05, 0) is 18.2 Å². The predicted molar refractivity (Wildman–Crippen MR) is 76.2 cm³/mol. The average molecular weight is 334 g/mol. The molecule has 0 saturated carbocycles. The van der Waals surface area contributed by atoms with Crippen LogP contribution < -0.4 is 8.92 Å². The minimum atomic E-state index is -3.60. The average Bonchev–Trinajstić information content (AvgIpc) is 2.31. The van der Waals surface area contributed by atoms with Crippen LogP contribution in [0.2, 0.25) is 10.0 Å². The second-order valence-corrected chi connectivity index (χ2v) is 6.22. The Morgan fingerprint density at radius 1 is 1.15 bits per heavy atom. The van der Waals surface area contributed by atoms with E-state index in [0.29, 0.717) is 10.8 Å². The van der Waals surface area contributed by atoms with E-state index in [4.69, 9.17) is 32.1 Å². The molecule has 1 heterocycles. The second-order valence-electron chi connectivity index (χ2n) is 3.80. The monoisotopic (exact) mass is 333 g/mol. The summed E-state index contributed by atoms with van der Waals surface area (Å²) in [6.45, 7) is 0. The second kappa shape index (κ2) is 5.87. The predicted octanol–water partition coefficient (Wildman–Crippen LogP) is 3.52. The zero-order valence-corrected chi connectivity index (χ0v) is 12.5. The summed E-state index contributed by atoms with van der Waals surface area (Å²) >= 11 is 11.7. The molecular weight excluding hydrogens is 325 g/mol. The number of nitrogens with zero attached hydrogens (tertiary/aromatic N) is 1. The molecule has 0 aliphatic rings. The van der Waals surface area contributed by atoms with Gasteiger partial charge in [0, 0.05) is 12.3 Å². The molecule has 0 unspecified atom stereocenters. The Labute approximate surface area is 126 Å². The van der Waals surface area contributed by atoms with E-state index in [1.807, 2.05) is 0 Å². The molecule has 0 radical (unpaired) electrons. The van der Waals surface area contributed by atoms with Gasteiger partial charge >= 0.3 is 10.1 Å². The number of pyridine rings is 1. The van der Waals surface area contributed by atoms with Gasteiger partial charge in [0.1, 0.15) is 16.5 Å². The van der Waals surface area contributed by atoms with E-state index in [0.717, 1.165) is 6.26 Å². The minimum Gasteiger partial charge on any atom is -0.437 e. The topological polar surface area (TPSA) is 65.5 Å². The molecule has 1 aromatic heterocycles. The fourth-order valence-electron chi connectivity index (χ4n) is 1.35. The van der Waals surface area contributed by atoms with E-state index in [9.17, 15) is 8.42 Å². The van der Waals surface area contributed by atoms with Crippen molar-refractivity contribution in [3.63, 3.8) is 0 Å². The third-order valence-corrected chi connectivity index (χ3v) is 3.01. The standard InChI is InChI=1S/C12H9Cl2NO4S/c1-20(16,17)19-10-4-2-3-9(6-10)18-12-11(14)5-8(13)7-15-12/h2-7H,1H3. The first-order valence-corrected chi connectivity index (χ1v) is 7.89. The van der Waals surface area contributed by atoms with E-state index in [1.165, 1.54) is 24.4 Å². The van der Waals surface area contributed by atoms with Crippen LogP contribution in [0.5, 0.6) is 17.4 Å². The lowest BCUT2D eigenvalue weighted by Gasteiger charge is -2.08. The number of halogens is 2. The highest BCUT2D eigenvalue weighted by molar-refractivity contribution is 7.86. The van der Waals surface area contributed by atoms with Crippen molar-refractivity contribution in [3.05, 3.63) is 46.6 Å².